The third-order valence-corrected chi connectivity index (χ3v) is 3.77. The van der Waals surface area contributed by atoms with Gasteiger partial charge in [0.05, 0.1) is 28.7 Å². The highest BCUT2D eigenvalue weighted by Gasteiger charge is 2.18. The Hall–Kier alpha value is -3.48. The minimum absolute atomic E-state index is 0.0446. The van der Waals surface area contributed by atoms with Gasteiger partial charge in [0, 0.05) is 6.20 Å². The molecule has 7 nitrogen and oxygen atoms in total. The lowest BCUT2D eigenvalue weighted by Crippen LogP contribution is -2.16. The molecule has 0 bridgehead atoms. The molecule has 126 valence electrons. The van der Waals surface area contributed by atoms with Gasteiger partial charge >= 0.3 is 5.97 Å². The number of hydrogen-bond acceptors (Lipinski definition) is 4. The van der Waals surface area contributed by atoms with E-state index in [0.717, 1.165) is 5.56 Å². The summed E-state index contributed by atoms with van der Waals surface area (Å²) in [6.07, 6.45) is 3.08. The first-order valence-corrected chi connectivity index (χ1v) is 7.58. The standard InChI is InChI=1S/C18H16N4O3/c1-11-6-7-15(13(9-11)18(24)25)21-17(23)14-10-20-22(12(14)2)16-5-3-4-8-19-16/h3-10H,1-2H3,(H,21,23)(H,24,25). The van der Waals surface area contributed by atoms with Crippen LogP contribution in [-0.2, 0) is 0 Å². The van der Waals surface area contributed by atoms with Crippen LogP contribution in [0.1, 0.15) is 32.0 Å². The molecule has 7 heteroatoms. The van der Waals surface area contributed by atoms with Crippen LogP contribution in [0, 0.1) is 13.8 Å². The Morgan fingerprint density at radius 1 is 1.12 bits per heavy atom. The van der Waals surface area contributed by atoms with Crippen LogP contribution < -0.4 is 5.32 Å². The highest BCUT2D eigenvalue weighted by atomic mass is 16.4. The largest absolute Gasteiger partial charge is 0.478 e. The predicted octanol–water partition coefficient (Wildman–Crippen LogP) is 2.83. The first-order valence-electron chi connectivity index (χ1n) is 7.58. The van der Waals surface area contributed by atoms with E-state index in [1.165, 1.54) is 12.3 Å². The molecular weight excluding hydrogens is 320 g/mol. The zero-order valence-corrected chi connectivity index (χ0v) is 13.7. The van der Waals surface area contributed by atoms with Crippen LogP contribution in [0.15, 0.2) is 48.8 Å². The zero-order chi connectivity index (χ0) is 18.0. The van der Waals surface area contributed by atoms with E-state index in [9.17, 15) is 14.7 Å². The molecule has 0 saturated heterocycles. The van der Waals surface area contributed by atoms with Crippen molar-refractivity contribution in [1.82, 2.24) is 14.8 Å². The number of aryl methyl sites for hydroxylation is 1. The van der Waals surface area contributed by atoms with Crippen LogP contribution in [0.4, 0.5) is 5.69 Å². The fraction of sp³-hybridized carbons (Fsp3) is 0.111. The summed E-state index contributed by atoms with van der Waals surface area (Å²) in [7, 11) is 0. The minimum atomic E-state index is -1.10. The summed E-state index contributed by atoms with van der Waals surface area (Å²) in [6, 6.07) is 10.2. The number of nitrogens with zero attached hydrogens (tertiary/aromatic N) is 3. The molecule has 3 rings (SSSR count). The third kappa shape index (κ3) is 3.25. The average molecular weight is 336 g/mol. The van der Waals surface area contributed by atoms with Crippen molar-refractivity contribution in [1.29, 1.82) is 0 Å². The molecule has 0 atom stereocenters. The summed E-state index contributed by atoms with van der Waals surface area (Å²) in [5.41, 5.74) is 2.05. The highest BCUT2D eigenvalue weighted by molar-refractivity contribution is 6.08. The molecule has 25 heavy (non-hydrogen) atoms. The van der Waals surface area contributed by atoms with Gasteiger partial charge in [-0.3, -0.25) is 4.79 Å². The van der Waals surface area contributed by atoms with Crippen molar-refractivity contribution in [2.24, 2.45) is 0 Å². The molecule has 0 aliphatic heterocycles. The summed E-state index contributed by atoms with van der Waals surface area (Å²) in [5, 5.41) is 16.1. The van der Waals surface area contributed by atoms with Crippen molar-refractivity contribution in [3.63, 3.8) is 0 Å². The maximum absolute atomic E-state index is 12.6. The second-order valence-corrected chi connectivity index (χ2v) is 5.55. The van der Waals surface area contributed by atoms with E-state index in [1.807, 2.05) is 6.07 Å². The Kier molecular flexibility index (Phi) is 4.30. The maximum atomic E-state index is 12.6. The number of carboxylic acids is 1. The van der Waals surface area contributed by atoms with Crippen LogP contribution in [0.3, 0.4) is 0 Å². The average Bonchev–Trinajstić information content (AvgIpc) is 2.98. The van der Waals surface area contributed by atoms with Gasteiger partial charge in [-0.15, -0.1) is 0 Å². The number of anilines is 1. The molecule has 0 spiro atoms. The lowest BCUT2D eigenvalue weighted by Gasteiger charge is -2.09. The molecule has 0 aliphatic rings. The van der Waals surface area contributed by atoms with E-state index in [2.05, 4.69) is 15.4 Å². The summed E-state index contributed by atoms with van der Waals surface area (Å²) < 4.78 is 1.56. The Labute approximate surface area is 143 Å². The van der Waals surface area contributed by atoms with Gasteiger partial charge in [-0.2, -0.15) is 5.10 Å². The molecule has 1 amide bonds. The quantitative estimate of drug-likeness (QED) is 0.763. The van der Waals surface area contributed by atoms with Gasteiger partial charge in [0.25, 0.3) is 5.91 Å². The molecule has 2 heterocycles. The normalized spacial score (nSPS) is 10.5. The van der Waals surface area contributed by atoms with Crippen molar-refractivity contribution >= 4 is 17.6 Å². The Bertz CT molecular complexity index is 948. The number of carbonyl (C=O) groups is 2. The summed E-state index contributed by atoms with van der Waals surface area (Å²) in [6.45, 7) is 3.54. The number of hydrogen-bond donors (Lipinski definition) is 2. The van der Waals surface area contributed by atoms with E-state index in [-0.39, 0.29) is 11.3 Å². The van der Waals surface area contributed by atoms with E-state index < -0.39 is 11.9 Å². The van der Waals surface area contributed by atoms with Gasteiger partial charge in [0.1, 0.15) is 0 Å². The van der Waals surface area contributed by atoms with Crippen LogP contribution in [0.5, 0.6) is 0 Å². The minimum Gasteiger partial charge on any atom is -0.478 e. The maximum Gasteiger partial charge on any atom is 0.337 e. The molecule has 3 aromatic rings. The fourth-order valence-corrected chi connectivity index (χ4v) is 2.48. The van der Waals surface area contributed by atoms with Crippen LogP contribution in [-0.4, -0.2) is 31.7 Å². The number of aromatic carboxylic acids is 1. The van der Waals surface area contributed by atoms with Crippen molar-refractivity contribution in [2.45, 2.75) is 13.8 Å². The molecule has 0 aliphatic carbocycles. The number of amides is 1. The van der Waals surface area contributed by atoms with Crippen molar-refractivity contribution in [3.8, 4) is 5.82 Å². The van der Waals surface area contributed by atoms with E-state index in [1.54, 1.807) is 49.0 Å². The third-order valence-electron chi connectivity index (χ3n) is 3.77. The highest BCUT2D eigenvalue weighted by Crippen LogP contribution is 2.20. The van der Waals surface area contributed by atoms with E-state index in [4.69, 9.17) is 0 Å². The Morgan fingerprint density at radius 2 is 1.92 bits per heavy atom. The van der Waals surface area contributed by atoms with Crippen LogP contribution in [0.2, 0.25) is 0 Å². The van der Waals surface area contributed by atoms with Gasteiger partial charge < -0.3 is 10.4 Å². The Morgan fingerprint density at radius 3 is 2.60 bits per heavy atom. The number of carbonyl (C=O) groups excluding carboxylic acids is 1. The number of benzene rings is 1. The number of nitrogens with one attached hydrogen (secondary N) is 1. The molecule has 0 radical (unpaired) electrons. The SMILES string of the molecule is Cc1ccc(NC(=O)c2cnn(-c3ccccn3)c2C)c(C(=O)O)c1. The molecule has 0 unspecified atom stereocenters. The number of pyridine rings is 1. The summed E-state index contributed by atoms with van der Waals surface area (Å²) in [4.78, 5) is 28.1. The van der Waals surface area contributed by atoms with Gasteiger partial charge in [-0.05, 0) is 38.1 Å². The van der Waals surface area contributed by atoms with Crippen LogP contribution in [0.25, 0.3) is 5.82 Å². The lowest BCUT2D eigenvalue weighted by molar-refractivity contribution is 0.0698. The van der Waals surface area contributed by atoms with Crippen molar-refractivity contribution in [2.75, 3.05) is 5.32 Å². The van der Waals surface area contributed by atoms with Gasteiger partial charge in [0.2, 0.25) is 0 Å². The van der Waals surface area contributed by atoms with Crippen molar-refractivity contribution < 1.29 is 14.7 Å². The summed E-state index contributed by atoms with van der Waals surface area (Å²) in [5.74, 6) is -0.924. The second-order valence-electron chi connectivity index (χ2n) is 5.55. The smallest absolute Gasteiger partial charge is 0.337 e. The monoisotopic (exact) mass is 336 g/mol. The molecule has 1 aromatic carbocycles. The molecule has 0 fully saturated rings. The van der Waals surface area contributed by atoms with E-state index in [0.29, 0.717) is 17.1 Å². The van der Waals surface area contributed by atoms with E-state index >= 15 is 0 Å². The summed E-state index contributed by atoms with van der Waals surface area (Å²) >= 11 is 0. The second kappa shape index (κ2) is 6.56. The van der Waals surface area contributed by atoms with Gasteiger partial charge in [0.15, 0.2) is 5.82 Å². The van der Waals surface area contributed by atoms with Gasteiger partial charge in [-0.25, -0.2) is 14.5 Å². The zero-order valence-electron chi connectivity index (χ0n) is 13.7. The number of aromatic nitrogens is 3. The topological polar surface area (TPSA) is 97.1 Å². The fourth-order valence-electron chi connectivity index (χ4n) is 2.48. The predicted molar refractivity (Wildman–Crippen MR) is 92.2 cm³/mol. The van der Waals surface area contributed by atoms with Gasteiger partial charge in [-0.1, -0.05) is 17.7 Å². The Balaban J connectivity index is 1.91. The lowest BCUT2D eigenvalue weighted by atomic mass is 10.1. The number of rotatable bonds is 4. The molecular formula is C18H16N4O3. The molecule has 2 aromatic heterocycles. The number of carboxylic acid groups (broad SMARTS) is 1. The first kappa shape index (κ1) is 16.4. The van der Waals surface area contributed by atoms with Crippen molar-refractivity contribution in [3.05, 3.63) is 71.2 Å². The first-order chi connectivity index (χ1) is 12.0. The molecule has 0 saturated carbocycles. The van der Waals surface area contributed by atoms with Crippen LogP contribution >= 0.6 is 0 Å². The molecule has 2 N–H and O–H groups in total.